The van der Waals surface area contributed by atoms with E-state index >= 15 is 0 Å². The normalized spacial score (nSPS) is 12.3. The molecule has 142 valence electrons. The van der Waals surface area contributed by atoms with Crippen molar-refractivity contribution in [2.24, 2.45) is 5.92 Å². The molecule has 0 aliphatic rings. The third-order valence-electron chi connectivity index (χ3n) is 4.63. The molecule has 4 nitrogen and oxygen atoms in total. The van der Waals surface area contributed by atoms with Crippen molar-refractivity contribution < 1.29 is 18.0 Å². The standard InChI is InChI=1S/C21H22F2N2O2/c1-4-14(3)21(26)25(11-15-10-16(22)6-7-17(15)23)12-20-24-18-9-13(2)5-8-19(18)27-20/h5-10,14H,4,11-12H2,1-3H3. The molecule has 0 aliphatic carbocycles. The van der Waals surface area contributed by atoms with Crippen LogP contribution in [0.1, 0.15) is 37.3 Å². The number of carbonyl (C=O) groups is 1. The van der Waals surface area contributed by atoms with Crippen LogP contribution in [0, 0.1) is 24.5 Å². The maximum atomic E-state index is 14.1. The number of nitrogens with zero attached hydrogens (tertiary/aromatic N) is 2. The minimum Gasteiger partial charge on any atom is -0.439 e. The van der Waals surface area contributed by atoms with E-state index in [0.29, 0.717) is 23.4 Å². The van der Waals surface area contributed by atoms with E-state index in [4.69, 9.17) is 4.42 Å². The number of fused-ring (bicyclic) bond motifs is 1. The Hall–Kier alpha value is -2.76. The highest BCUT2D eigenvalue weighted by molar-refractivity contribution is 5.78. The Kier molecular flexibility index (Phi) is 5.54. The van der Waals surface area contributed by atoms with Crippen LogP contribution in [0.5, 0.6) is 0 Å². The zero-order valence-electron chi connectivity index (χ0n) is 15.6. The van der Waals surface area contributed by atoms with Crippen LogP contribution in [0.4, 0.5) is 8.78 Å². The molecule has 1 amide bonds. The second kappa shape index (κ2) is 7.86. The molecule has 2 aromatic carbocycles. The lowest BCUT2D eigenvalue weighted by Crippen LogP contribution is -2.34. The molecule has 1 aromatic heterocycles. The summed E-state index contributed by atoms with van der Waals surface area (Å²) in [4.78, 5) is 18.7. The number of oxazole rings is 1. The minimum absolute atomic E-state index is 0.0511. The lowest BCUT2D eigenvalue weighted by Gasteiger charge is -2.24. The number of aromatic nitrogens is 1. The maximum absolute atomic E-state index is 14.1. The summed E-state index contributed by atoms with van der Waals surface area (Å²) in [6, 6.07) is 8.88. The predicted molar refractivity (Wildman–Crippen MR) is 98.8 cm³/mol. The highest BCUT2D eigenvalue weighted by Gasteiger charge is 2.23. The van der Waals surface area contributed by atoms with Crippen LogP contribution in [0.25, 0.3) is 11.1 Å². The summed E-state index contributed by atoms with van der Waals surface area (Å²) < 4.78 is 33.3. The molecule has 0 aliphatic heterocycles. The largest absolute Gasteiger partial charge is 0.439 e. The van der Waals surface area contributed by atoms with Gasteiger partial charge in [0.15, 0.2) is 5.58 Å². The SMILES string of the molecule is CCC(C)C(=O)N(Cc1nc2cc(C)ccc2o1)Cc1cc(F)ccc1F. The molecule has 0 bridgehead atoms. The van der Waals surface area contributed by atoms with Crippen molar-refractivity contribution in [3.05, 3.63) is 65.1 Å². The number of carbonyl (C=O) groups excluding carboxylic acids is 1. The summed E-state index contributed by atoms with van der Waals surface area (Å²) in [7, 11) is 0. The van der Waals surface area contributed by atoms with E-state index in [1.807, 2.05) is 39.0 Å². The van der Waals surface area contributed by atoms with Gasteiger partial charge in [-0.2, -0.15) is 0 Å². The zero-order chi connectivity index (χ0) is 19.6. The van der Waals surface area contributed by atoms with Crippen LogP contribution in [-0.4, -0.2) is 15.8 Å². The van der Waals surface area contributed by atoms with Crippen LogP contribution >= 0.6 is 0 Å². The van der Waals surface area contributed by atoms with Gasteiger partial charge in [0.2, 0.25) is 11.8 Å². The fourth-order valence-corrected chi connectivity index (χ4v) is 2.88. The Balaban J connectivity index is 1.90. The highest BCUT2D eigenvalue weighted by Crippen LogP contribution is 2.21. The summed E-state index contributed by atoms with van der Waals surface area (Å²) in [6.45, 7) is 5.72. The first-order valence-corrected chi connectivity index (χ1v) is 8.96. The van der Waals surface area contributed by atoms with Crippen molar-refractivity contribution >= 4 is 17.0 Å². The molecular formula is C21H22F2N2O2. The van der Waals surface area contributed by atoms with Crippen LogP contribution < -0.4 is 0 Å². The van der Waals surface area contributed by atoms with Gasteiger partial charge in [0.1, 0.15) is 17.2 Å². The topological polar surface area (TPSA) is 46.3 Å². The Morgan fingerprint density at radius 3 is 2.70 bits per heavy atom. The zero-order valence-corrected chi connectivity index (χ0v) is 15.6. The number of amides is 1. The van der Waals surface area contributed by atoms with Crippen molar-refractivity contribution in [1.29, 1.82) is 0 Å². The molecule has 1 unspecified atom stereocenters. The van der Waals surface area contributed by atoms with Gasteiger partial charge >= 0.3 is 0 Å². The lowest BCUT2D eigenvalue weighted by atomic mass is 10.1. The lowest BCUT2D eigenvalue weighted by molar-refractivity contribution is -0.136. The number of hydrogen-bond donors (Lipinski definition) is 0. The van der Waals surface area contributed by atoms with E-state index in [2.05, 4.69) is 4.98 Å². The second-order valence-electron chi connectivity index (χ2n) is 6.82. The van der Waals surface area contributed by atoms with E-state index in [1.165, 1.54) is 4.90 Å². The average Bonchev–Trinajstić information content (AvgIpc) is 3.04. The van der Waals surface area contributed by atoms with Crippen LogP contribution in [0.3, 0.4) is 0 Å². The first-order valence-electron chi connectivity index (χ1n) is 8.96. The Morgan fingerprint density at radius 1 is 1.19 bits per heavy atom. The van der Waals surface area contributed by atoms with Crippen molar-refractivity contribution in [1.82, 2.24) is 9.88 Å². The van der Waals surface area contributed by atoms with Gasteiger partial charge in [-0.25, -0.2) is 13.8 Å². The Labute approximate surface area is 156 Å². The number of hydrogen-bond acceptors (Lipinski definition) is 3. The quantitative estimate of drug-likeness (QED) is 0.612. The molecule has 6 heteroatoms. The first kappa shape index (κ1) is 19.0. The number of rotatable bonds is 6. The van der Waals surface area contributed by atoms with Crippen LogP contribution in [0.15, 0.2) is 40.8 Å². The van der Waals surface area contributed by atoms with Crippen molar-refractivity contribution in [2.45, 2.75) is 40.3 Å². The summed E-state index contributed by atoms with van der Waals surface area (Å²) in [5, 5.41) is 0. The van der Waals surface area contributed by atoms with E-state index in [-0.39, 0.29) is 30.5 Å². The number of aryl methyl sites for hydroxylation is 1. The first-order chi connectivity index (χ1) is 12.9. The molecule has 0 N–H and O–H groups in total. The molecule has 0 fully saturated rings. The van der Waals surface area contributed by atoms with E-state index in [0.717, 1.165) is 23.8 Å². The van der Waals surface area contributed by atoms with Gasteiger partial charge in [0.25, 0.3) is 0 Å². The third-order valence-corrected chi connectivity index (χ3v) is 4.63. The molecule has 3 aromatic rings. The minimum atomic E-state index is -0.549. The smallest absolute Gasteiger partial charge is 0.226 e. The van der Waals surface area contributed by atoms with Crippen LogP contribution in [0.2, 0.25) is 0 Å². The summed E-state index contributed by atoms with van der Waals surface area (Å²) >= 11 is 0. The molecule has 0 saturated carbocycles. The molecular weight excluding hydrogens is 350 g/mol. The van der Waals surface area contributed by atoms with E-state index in [9.17, 15) is 13.6 Å². The van der Waals surface area contributed by atoms with Crippen molar-refractivity contribution in [2.75, 3.05) is 0 Å². The molecule has 27 heavy (non-hydrogen) atoms. The van der Waals surface area contributed by atoms with Gasteiger partial charge < -0.3 is 9.32 Å². The number of benzene rings is 2. The van der Waals surface area contributed by atoms with Gasteiger partial charge in [0.05, 0.1) is 6.54 Å². The third kappa shape index (κ3) is 4.32. The van der Waals surface area contributed by atoms with Gasteiger partial charge in [-0.3, -0.25) is 4.79 Å². The fraction of sp³-hybridized carbons (Fsp3) is 0.333. The molecule has 0 spiro atoms. The Morgan fingerprint density at radius 2 is 1.96 bits per heavy atom. The Bertz CT molecular complexity index is 968. The van der Waals surface area contributed by atoms with Crippen LogP contribution in [-0.2, 0) is 17.9 Å². The molecule has 1 atom stereocenters. The van der Waals surface area contributed by atoms with Crippen molar-refractivity contribution in [3.8, 4) is 0 Å². The van der Waals surface area contributed by atoms with Gasteiger partial charge in [0, 0.05) is 18.0 Å². The average molecular weight is 372 g/mol. The molecule has 1 heterocycles. The molecule has 0 saturated heterocycles. The predicted octanol–water partition coefficient (Wildman–Crippen LogP) is 4.99. The van der Waals surface area contributed by atoms with Gasteiger partial charge in [-0.1, -0.05) is 19.9 Å². The monoisotopic (exact) mass is 372 g/mol. The maximum Gasteiger partial charge on any atom is 0.226 e. The summed E-state index contributed by atoms with van der Waals surface area (Å²) in [6.07, 6.45) is 0.647. The number of halogens is 2. The highest BCUT2D eigenvalue weighted by atomic mass is 19.1. The van der Waals surface area contributed by atoms with E-state index < -0.39 is 11.6 Å². The van der Waals surface area contributed by atoms with Gasteiger partial charge in [-0.15, -0.1) is 0 Å². The molecule has 0 radical (unpaired) electrons. The van der Waals surface area contributed by atoms with Crippen molar-refractivity contribution in [3.63, 3.8) is 0 Å². The summed E-state index contributed by atoms with van der Waals surface area (Å²) in [5.74, 6) is -1.12. The summed E-state index contributed by atoms with van der Waals surface area (Å²) in [5.41, 5.74) is 2.51. The van der Waals surface area contributed by atoms with E-state index in [1.54, 1.807) is 0 Å². The molecule has 3 rings (SSSR count). The second-order valence-corrected chi connectivity index (χ2v) is 6.82. The fourth-order valence-electron chi connectivity index (χ4n) is 2.88. The van der Waals surface area contributed by atoms with Gasteiger partial charge in [-0.05, 0) is 49.2 Å².